The first-order valence-electron chi connectivity index (χ1n) is 3.39. The Morgan fingerprint density at radius 3 is 2.91 bits per heavy atom. The van der Waals surface area contributed by atoms with Crippen molar-refractivity contribution in [1.29, 1.82) is 0 Å². The summed E-state index contributed by atoms with van der Waals surface area (Å²) in [5.41, 5.74) is 3.45. The predicted octanol–water partition coefficient (Wildman–Crippen LogP) is 1.58. The molecule has 0 amide bonds. The number of hydrogen-bond donors (Lipinski definition) is 2. The molecule has 0 aliphatic carbocycles. The fourth-order valence-corrected chi connectivity index (χ4v) is 1.21. The average Bonchev–Trinajstić information content (AvgIpc) is 2.04. The molecule has 0 aliphatic rings. The summed E-state index contributed by atoms with van der Waals surface area (Å²) >= 11 is 5.87. The van der Waals surface area contributed by atoms with Crippen molar-refractivity contribution in [1.82, 2.24) is 4.98 Å². The lowest BCUT2D eigenvalue weighted by atomic mass is 10.2. The van der Waals surface area contributed by atoms with Crippen LogP contribution in [0, 0.1) is 0 Å². The van der Waals surface area contributed by atoms with Gasteiger partial charge in [0.05, 0.1) is 0 Å². The number of nitrogen functional groups attached to an aromatic ring is 1. The maximum atomic E-state index is 5.87. The molecule has 11 heavy (non-hydrogen) atoms. The molecule has 1 rings (SSSR count). The first kappa shape index (κ1) is 8.30. The second-order valence-corrected chi connectivity index (χ2v) is 2.53. The standard InChI is InChI=1S/C7H10ClN3/c1-2-5-6(8)3-4-10-7(5)11-9/h3-4H,2,9H2,1H3,(H,10,11). The highest BCUT2D eigenvalue weighted by Gasteiger charge is 2.03. The molecule has 1 aromatic heterocycles. The zero-order chi connectivity index (χ0) is 8.27. The van der Waals surface area contributed by atoms with Crippen LogP contribution in [0.5, 0.6) is 0 Å². The van der Waals surface area contributed by atoms with Gasteiger partial charge in [-0.1, -0.05) is 18.5 Å². The average molecular weight is 172 g/mol. The summed E-state index contributed by atoms with van der Waals surface area (Å²) < 4.78 is 0. The summed E-state index contributed by atoms with van der Waals surface area (Å²) in [5, 5.41) is 0.704. The summed E-state index contributed by atoms with van der Waals surface area (Å²) in [6, 6.07) is 1.75. The monoisotopic (exact) mass is 171 g/mol. The molecule has 3 nitrogen and oxygen atoms in total. The molecule has 0 saturated heterocycles. The Morgan fingerprint density at radius 1 is 1.73 bits per heavy atom. The van der Waals surface area contributed by atoms with E-state index in [1.165, 1.54) is 0 Å². The van der Waals surface area contributed by atoms with Gasteiger partial charge in [-0.3, -0.25) is 0 Å². The van der Waals surface area contributed by atoms with Gasteiger partial charge in [0.2, 0.25) is 0 Å². The van der Waals surface area contributed by atoms with Crippen LogP contribution in [-0.2, 0) is 6.42 Å². The van der Waals surface area contributed by atoms with E-state index in [4.69, 9.17) is 17.4 Å². The SMILES string of the molecule is CCc1c(Cl)ccnc1NN. The lowest BCUT2D eigenvalue weighted by Crippen LogP contribution is -2.10. The lowest BCUT2D eigenvalue weighted by Gasteiger charge is -2.06. The van der Waals surface area contributed by atoms with E-state index >= 15 is 0 Å². The first-order valence-corrected chi connectivity index (χ1v) is 3.77. The van der Waals surface area contributed by atoms with Gasteiger partial charge in [0, 0.05) is 16.8 Å². The maximum Gasteiger partial charge on any atom is 0.144 e. The van der Waals surface area contributed by atoms with Crippen LogP contribution in [0.2, 0.25) is 5.02 Å². The predicted molar refractivity (Wildman–Crippen MR) is 46.4 cm³/mol. The molecule has 0 aliphatic heterocycles. The summed E-state index contributed by atoms with van der Waals surface area (Å²) in [6.45, 7) is 2.00. The number of nitrogens with two attached hydrogens (primary N) is 1. The van der Waals surface area contributed by atoms with E-state index < -0.39 is 0 Å². The minimum absolute atomic E-state index is 0.653. The highest BCUT2D eigenvalue weighted by molar-refractivity contribution is 6.31. The topological polar surface area (TPSA) is 50.9 Å². The highest BCUT2D eigenvalue weighted by Crippen LogP contribution is 2.21. The van der Waals surface area contributed by atoms with Gasteiger partial charge in [0.1, 0.15) is 5.82 Å². The first-order chi connectivity index (χ1) is 5.29. The molecule has 0 aromatic carbocycles. The van der Waals surface area contributed by atoms with Gasteiger partial charge >= 0.3 is 0 Å². The minimum Gasteiger partial charge on any atom is -0.308 e. The fraction of sp³-hybridized carbons (Fsp3) is 0.286. The molecular weight excluding hydrogens is 162 g/mol. The van der Waals surface area contributed by atoms with Crippen LogP contribution in [-0.4, -0.2) is 4.98 Å². The molecule has 0 atom stereocenters. The molecule has 0 bridgehead atoms. The zero-order valence-corrected chi connectivity index (χ0v) is 7.02. The van der Waals surface area contributed by atoms with Crippen molar-refractivity contribution >= 4 is 17.4 Å². The van der Waals surface area contributed by atoms with Crippen LogP contribution in [0.15, 0.2) is 12.3 Å². The highest BCUT2D eigenvalue weighted by atomic mass is 35.5. The minimum atomic E-state index is 0.653. The Kier molecular flexibility index (Phi) is 2.68. The van der Waals surface area contributed by atoms with Gasteiger partial charge in [0.25, 0.3) is 0 Å². The third-order valence-electron chi connectivity index (χ3n) is 1.49. The second kappa shape index (κ2) is 3.55. The molecule has 0 radical (unpaired) electrons. The Labute approximate surface area is 70.5 Å². The quantitative estimate of drug-likeness (QED) is 0.525. The Morgan fingerprint density at radius 2 is 2.45 bits per heavy atom. The lowest BCUT2D eigenvalue weighted by molar-refractivity contribution is 1.09. The number of pyridine rings is 1. The normalized spacial score (nSPS) is 9.73. The Hall–Kier alpha value is -0.800. The smallest absolute Gasteiger partial charge is 0.144 e. The third-order valence-corrected chi connectivity index (χ3v) is 1.84. The molecule has 0 spiro atoms. The molecular formula is C7H10ClN3. The molecule has 1 heterocycles. The van der Waals surface area contributed by atoms with Crippen molar-refractivity contribution in [3.63, 3.8) is 0 Å². The molecule has 4 heteroatoms. The molecule has 0 saturated carbocycles. The van der Waals surface area contributed by atoms with E-state index in [9.17, 15) is 0 Å². The second-order valence-electron chi connectivity index (χ2n) is 2.12. The molecule has 0 fully saturated rings. The summed E-state index contributed by atoms with van der Waals surface area (Å²) in [6.07, 6.45) is 2.45. The largest absolute Gasteiger partial charge is 0.308 e. The summed E-state index contributed by atoms with van der Waals surface area (Å²) in [7, 11) is 0. The number of anilines is 1. The molecule has 1 aromatic rings. The van der Waals surface area contributed by atoms with Crippen molar-refractivity contribution in [2.75, 3.05) is 5.43 Å². The van der Waals surface area contributed by atoms with Crippen molar-refractivity contribution < 1.29 is 0 Å². The Balaban J connectivity index is 3.13. The van der Waals surface area contributed by atoms with Crippen molar-refractivity contribution in [2.45, 2.75) is 13.3 Å². The van der Waals surface area contributed by atoms with E-state index in [1.807, 2.05) is 6.92 Å². The number of hydrazine groups is 1. The van der Waals surface area contributed by atoms with Crippen LogP contribution in [0.25, 0.3) is 0 Å². The van der Waals surface area contributed by atoms with Crippen LogP contribution in [0.3, 0.4) is 0 Å². The zero-order valence-electron chi connectivity index (χ0n) is 6.26. The maximum absolute atomic E-state index is 5.87. The number of aromatic nitrogens is 1. The van der Waals surface area contributed by atoms with Gasteiger partial charge < -0.3 is 5.43 Å². The number of nitrogens with zero attached hydrogens (tertiary/aromatic N) is 1. The Bertz CT molecular complexity index is 249. The number of hydrogen-bond acceptors (Lipinski definition) is 3. The van der Waals surface area contributed by atoms with E-state index in [0.29, 0.717) is 10.8 Å². The van der Waals surface area contributed by atoms with E-state index in [-0.39, 0.29) is 0 Å². The number of nitrogens with one attached hydrogen (secondary N) is 1. The molecule has 60 valence electrons. The third kappa shape index (κ3) is 1.61. The molecule has 3 N–H and O–H groups in total. The van der Waals surface area contributed by atoms with Gasteiger partial charge in [-0.05, 0) is 12.5 Å². The molecule has 0 unspecified atom stereocenters. The van der Waals surface area contributed by atoms with E-state index in [0.717, 1.165) is 12.0 Å². The fourth-order valence-electron chi connectivity index (χ4n) is 0.930. The number of halogens is 1. The van der Waals surface area contributed by atoms with Crippen molar-refractivity contribution in [3.05, 3.63) is 22.8 Å². The van der Waals surface area contributed by atoms with Gasteiger partial charge in [0.15, 0.2) is 0 Å². The number of rotatable bonds is 2. The van der Waals surface area contributed by atoms with Crippen LogP contribution >= 0.6 is 11.6 Å². The van der Waals surface area contributed by atoms with Gasteiger partial charge in [-0.2, -0.15) is 0 Å². The van der Waals surface area contributed by atoms with Crippen LogP contribution < -0.4 is 11.3 Å². The van der Waals surface area contributed by atoms with E-state index in [1.54, 1.807) is 12.3 Å². The van der Waals surface area contributed by atoms with Crippen molar-refractivity contribution in [2.24, 2.45) is 5.84 Å². The van der Waals surface area contributed by atoms with Gasteiger partial charge in [-0.25, -0.2) is 10.8 Å². The van der Waals surface area contributed by atoms with Crippen LogP contribution in [0.1, 0.15) is 12.5 Å². The summed E-state index contributed by atoms with van der Waals surface area (Å²) in [5.74, 6) is 5.88. The summed E-state index contributed by atoms with van der Waals surface area (Å²) in [4.78, 5) is 4.01. The van der Waals surface area contributed by atoms with Gasteiger partial charge in [-0.15, -0.1) is 0 Å². The van der Waals surface area contributed by atoms with Crippen molar-refractivity contribution in [3.8, 4) is 0 Å². The van der Waals surface area contributed by atoms with E-state index in [2.05, 4.69) is 10.4 Å². The van der Waals surface area contributed by atoms with Crippen LogP contribution in [0.4, 0.5) is 5.82 Å².